The molecule has 7 amide bonds. The number of amides is 7. The van der Waals surface area contributed by atoms with Crippen molar-refractivity contribution >= 4 is 53.3 Å². The van der Waals surface area contributed by atoms with Gasteiger partial charge in [0, 0.05) is 19.5 Å². The minimum absolute atomic E-state index is 0.0749. The Bertz CT molecular complexity index is 1610. The molecule has 1 saturated heterocycles. The molecule has 1 aromatic rings. The number of primary amides is 1. The average Bonchev–Trinajstić information content (AvgIpc) is 3.64. The molecule has 0 spiro atoms. The van der Waals surface area contributed by atoms with Gasteiger partial charge in [-0.05, 0) is 50.3 Å². The molecule has 2 rings (SSSR count). The molecule has 1 aliphatic rings. The van der Waals surface area contributed by atoms with Crippen molar-refractivity contribution in [1.29, 1.82) is 0 Å². The normalized spacial score (nSPS) is 16.8. The van der Waals surface area contributed by atoms with Crippen molar-refractivity contribution in [2.45, 2.75) is 87.7 Å². The zero-order valence-corrected chi connectivity index (χ0v) is 30.7. The largest absolute Gasteiger partial charge is 0.508 e. The van der Waals surface area contributed by atoms with Crippen LogP contribution in [0.3, 0.4) is 0 Å². The fraction of sp³-hybridized carbons (Fsp3) is 0.545. The Kier molecular flexibility index (Phi) is 18.4. The molecule has 0 radical (unpaired) electrons. The van der Waals surface area contributed by atoms with E-state index < -0.39 is 109 Å². The second-order valence-electron chi connectivity index (χ2n) is 13.0. The molecule has 1 fully saturated rings. The molecule has 17 N–H and O–H groups in total. The van der Waals surface area contributed by atoms with E-state index in [-0.39, 0.29) is 44.1 Å². The molecular weight excluding hydrogens is 742 g/mol. The standard InChI is InChI=1S/C33H51N11O12/c1-16(26(49)40-21(13-25(35)48)29(52)43-23(15-46)32(55)56)39-28(51)20(12-17-6-8-18(47)9-7-17)41-30(53)24-5-3-11-44(24)31(54)22(14-45)42-27(50)19(34)4-2-10-38-33(36)37/h6-9,16,19-24,45-47H,2-5,10-15,34H2,1H3,(H2,35,48)(H,39,51)(H,40,49)(H,41,53)(H,42,50)(H,43,52)(H,55,56)(H4,36,37,38)/t16-,19-,20-,21-,22-,23-,24-/m0/s1. The summed E-state index contributed by atoms with van der Waals surface area (Å²) in [5, 5.41) is 49.6. The minimum atomic E-state index is -1.76. The molecule has 0 aliphatic carbocycles. The predicted octanol–water partition coefficient (Wildman–Crippen LogP) is -6.30. The zero-order valence-electron chi connectivity index (χ0n) is 30.7. The van der Waals surface area contributed by atoms with Crippen molar-refractivity contribution in [1.82, 2.24) is 31.5 Å². The minimum Gasteiger partial charge on any atom is -0.508 e. The maximum Gasteiger partial charge on any atom is 0.328 e. The number of carbonyl (C=O) groups excluding carboxylic acids is 7. The van der Waals surface area contributed by atoms with Crippen LogP contribution in [0.4, 0.5) is 0 Å². The van der Waals surface area contributed by atoms with Crippen molar-refractivity contribution < 1.29 is 58.8 Å². The number of carboxylic acid groups (broad SMARTS) is 1. The van der Waals surface area contributed by atoms with Crippen molar-refractivity contribution in [2.24, 2.45) is 27.9 Å². The van der Waals surface area contributed by atoms with E-state index in [4.69, 9.17) is 28.0 Å². The van der Waals surface area contributed by atoms with Crippen molar-refractivity contribution in [3.63, 3.8) is 0 Å². The highest BCUT2D eigenvalue weighted by molar-refractivity contribution is 5.98. The third-order valence-corrected chi connectivity index (χ3v) is 8.54. The number of phenols is 1. The molecule has 23 heteroatoms. The Balaban J connectivity index is 2.20. The Hall–Kier alpha value is -6.07. The quantitative estimate of drug-likeness (QED) is 0.0295. The summed E-state index contributed by atoms with van der Waals surface area (Å²) >= 11 is 0. The third kappa shape index (κ3) is 14.6. The van der Waals surface area contributed by atoms with Crippen LogP contribution in [-0.2, 0) is 44.8 Å². The van der Waals surface area contributed by atoms with E-state index in [2.05, 4.69) is 26.3 Å². The first-order chi connectivity index (χ1) is 26.4. The number of carbonyl (C=O) groups is 8. The molecule has 310 valence electrons. The third-order valence-electron chi connectivity index (χ3n) is 8.54. The highest BCUT2D eigenvalue weighted by atomic mass is 16.4. The van der Waals surface area contributed by atoms with Gasteiger partial charge in [-0.15, -0.1) is 0 Å². The van der Waals surface area contributed by atoms with Crippen LogP contribution in [0, 0.1) is 0 Å². The van der Waals surface area contributed by atoms with E-state index in [1.54, 1.807) is 0 Å². The number of aromatic hydroxyl groups is 1. The van der Waals surface area contributed by atoms with Gasteiger partial charge in [0.2, 0.25) is 41.4 Å². The number of likely N-dealkylation sites (tertiary alicyclic amines) is 1. The van der Waals surface area contributed by atoms with Crippen LogP contribution < -0.4 is 49.5 Å². The molecule has 1 heterocycles. The van der Waals surface area contributed by atoms with Crippen LogP contribution in [0.1, 0.15) is 44.6 Å². The van der Waals surface area contributed by atoms with Crippen LogP contribution in [0.15, 0.2) is 29.3 Å². The summed E-state index contributed by atoms with van der Waals surface area (Å²) in [6.45, 7) is -0.303. The van der Waals surface area contributed by atoms with Gasteiger partial charge in [0.25, 0.3) is 0 Å². The fourth-order valence-electron chi connectivity index (χ4n) is 5.51. The highest BCUT2D eigenvalue weighted by Gasteiger charge is 2.39. The second-order valence-corrected chi connectivity index (χ2v) is 13.0. The lowest BCUT2D eigenvalue weighted by molar-refractivity contribution is -0.143. The monoisotopic (exact) mass is 793 g/mol. The summed E-state index contributed by atoms with van der Waals surface area (Å²) in [6.07, 6.45) is 0.0958. The van der Waals surface area contributed by atoms with Gasteiger partial charge in [-0.25, -0.2) is 4.79 Å². The Labute approximate surface area is 321 Å². The molecular formula is C33H51N11O12. The number of nitrogens with zero attached hydrogens (tertiary/aromatic N) is 2. The SMILES string of the molecule is C[C@H](NC(=O)[C@H](Cc1ccc(O)cc1)NC(=O)[C@@H]1CCCN1C(=O)[C@H](CO)NC(=O)[C@@H](N)CCCN=C(N)N)C(=O)N[C@@H](CC(N)=O)C(=O)N[C@@H](CO)C(=O)O. The number of aliphatic imine (C=N–C) groups is 1. The van der Waals surface area contributed by atoms with E-state index >= 15 is 0 Å². The molecule has 0 aromatic heterocycles. The lowest BCUT2D eigenvalue weighted by atomic mass is 10.0. The summed E-state index contributed by atoms with van der Waals surface area (Å²) in [5.41, 5.74) is 22.1. The first-order valence-electron chi connectivity index (χ1n) is 17.5. The van der Waals surface area contributed by atoms with Crippen LogP contribution in [0.2, 0.25) is 0 Å². The number of aliphatic carboxylic acids is 1. The number of nitrogens with two attached hydrogens (primary N) is 4. The number of guanidine groups is 1. The smallest absolute Gasteiger partial charge is 0.328 e. The van der Waals surface area contributed by atoms with Crippen LogP contribution in [0.5, 0.6) is 5.75 Å². The number of aliphatic hydroxyl groups excluding tert-OH is 2. The Morgan fingerprint density at radius 3 is 1.98 bits per heavy atom. The van der Waals surface area contributed by atoms with Gasteiger partial charge in [-0.3, -0.25) is 38.6 Å². The average molecular weight is 794 g/mol. The summed E-state index contributed by atoms with van der Waals surface area (Å²) < 4.78 is 0. The number of carboxylic acids is 1. The van der Waals surface area contributed by atoms with Crippen molar-refractivity contribution in [3.8, 4) is 5.75 Å². The molecule has 0 unspecified atom stereocenters. The molecule has 0 saturated carbocycles. The number of benzene rings is 1. The molecule has 7 atom stereocenters. The number of hydrogen-bond acceptors (Lipinski definition) is 13. The van der Waals surface area contributed by atoms with E-state index in [1.807, 2.05) is 5.32 Å². The molecule has 1 aliphatic heterocycles. The molecule has 23 nitrogen and oxygen atoms in total. The van der Waals surface area contributed by atoms with Crippen LogP contribution >= 0.6 is 0 Å². The zero-order chi connectivity index (χ0) is 42.1. The van der Waals surface area contributed by atoms with Crippen LogP contribution in [-0.4, -0.2) is 147 Å². The number of hydrogen-bond donors (Lipinski definition) is 13. The highest BCUT2D eigenvalue weighted by Crippen LogP contribution is 2.20. The van der Waals surface area contributed by atoms with Gasteiger partial charge in [-0.2, -0.15) is 0 Å². The van der Waals surface area contributed by atoms with Gasteiger partial charge >= 0.3 is 5.97 Å². The van der Waals surface area contributed by atoms with Crippen molar-refractivity contribution in [3.05, 3.63) is 29.8 Å². The first kappa shape index (κ1) is 46.1. The van der Waals surface area contributed by atoms with Gasteiger partial charge < -0.3 is 74.8 Å². The van der Waals surface area contributed by atoms with E-state index in [0.29, 0.717) is 18.4 Å². The van der Waals surface area contributed by atoms with E-state index in [9.17, 15) is 53.7 Å². The first-order valence-corrected chi connectivity index (χ1v) is 17.5. The predicted molar refractivity (Wildman–Crippen MR) is 195 cm³/mol. The summed E-state index contributed by atoms with van der Waals surface area (Å²) in [6, 6.07) is -4.27. The van der Waals surface area contributed by atoms with Gasteiger partial charge in [0.05, 0.1) is 25.7 Å². The molecule has 1 aromatic carbocycles. The topological polar surface area (TPSA) is 397 Å². The lowest BCUT2D eigenvalue weighted by Crippen LogP contribution is -2.60. The van der Waals surface area contributed by atoms with Crippen molar-refractivity contribution in [2.75, 3.05) is 26.3 Å². The summed E-state index contributed by atoms with van der Waals surface area (Å²) in [7, 11) is 0. The number of nitrogens with one attached hydrogen (secondary N) is 5. The number of phenolic OH excluding ortho intramolecular Hbond substituents is 1. The van der Waals surface area contributed by atoms with Gasteiger partial charge in [-0.1, -0.05) is 12.1 Å². The number of rotatable bonds is 22. The molecule has 56 heavy (non-hydrogen) atoms. The summed E-state index contributed by atoms with van der Waals surface area (Å²) in [4.78, 5) is 107. The van der Waals surface area contributed by atoms with E-state index in [0.717, 1.165) is 4.90 Å². The van der Waals surface area contributed by atoms with Gasteiger partial charge in [0.1, 0.15) is 42.0 Å². The fourth-order valence-corrected chi connectivity index (χ4v) is 5.51. The maximum atomic E-state index is 13.7. The van der Waals surface area contributed by atoms with Crippen LogP contribution in [0.25, 0.3) is 0 Å². The second kappa shape index (κ2) is 22.3. The van der Waals surface area contributed by atoms with Gasteiger partial charge in [0.15, 0.2) is 5.96 Å². The Morgan fingerprint density at radius 1 is 0.821 bits per heavy atom. The summed E-state index contributed by atoms with van der Waals surface area (Å²) in [5.74, 6) is -8.20. The lowest BCUT2D eigenvalue weighted by Gasteiger charge is -2.30. The maximum absolute atomic E-state index is 13.7. The number of aliphatic hydroxyl groups is 2. The van der Waals surface area contributed by atoms with E-state index in [1.165, 1.54) is 31.2 Å². The molecule has 0 bridgehead atoms. The Morgan fingerprint density at radius 2 is 1.41 bits per heavy atom.